The Balaban J connectivity index is 2.10. The van der Waals surface area contributed by atoms with Gasteiger partial charge in [0, 0.05) is 32.6 Å². The van der Waals surface area contributed by atoms with Crippen molar-refractivity contribution in [3.63, 3.8) is 0 Å². The minimum absolute atomic E-state index is 0.190. The third-order valence-corrected chi connectivity index (χ3v) is 4.28. The highest BCUT2D eigenvalue weighted by Crippen LogP contribution is 2.22. The Hall–Kier alpha value is -0.620. The Morgan fingerprint density at radius 1 is 1.53 bits per heavy atom. The highest BCUT2D eigenvalue weighted by Gasteiger charge is 2.27. The van der Waals surface area contributed by atoms with Crippen LogP contribution in [0, 0.1) is 6.92 Å². The molecule has 0 spiro atoms. The average Bonchev–Trinajstić information content (AvgIpc) is 2.61. The summed E-state index contributed by atoms with van der Waals surface area (Å²) in [6, 6.07) is 0.245. The number of aromatic nitrogens is 2. The molecule has 2 rings (SSSR count). The molecule has 2 unspecified atom stereocenters. The molecule has 0 bridgehead atoms. The van der Waals surface area contributed by atoms with Gasteiger partial charge in [-0.15, -0.1) is 0 Å². The molecule has 108 valence electrons. The van der Waals surface area contributed by atoms with E-state index in [1.807, 2.05) is 25.7 Å². The third kappa shape index (κ3) is 3.28. The fraction of sp³-hybridized carbons (Fsp3) is 0.769. The molecule has 0 saturated carbocycles. The number of hydrogen-bond acceptors (Lipinski definition) is 4. The van der Waals surface area contributed by atoms with Crippen LogP contribution in [0.5, 0.6) is 0 Å². The minimum atomic E-state index is 0.190. The van der Waals surface area contributed by atoms with E-state index in [1.54, 1.807) is 0 Å². The van der Waals surface area contributed by atoms with Crippen molar-refractivity contribution in [3.05, 3.63) is 16.4 Å². The second-order valence-electron chi connectivity index (χ2n) is 5.24. The topological polar surface area (TPSA) is 42.3 Å². The standard InChI is InChI=1S/C13H23ClN4O/c1-9-13(14)11(18(4)16-9)7-10(15-2)12-8-17(3)5-6-19-12/h10,12,15H,5-8H2,1-4H3. The van der Waals surface area contributed by atoms with E-state index in [-0.39, 0.29) is 12.1 Å². The number of rotatable bonds is 4. The zero-order valence-corrected chi connectivity index (χ0v) is 12.9. The first-order chi connectivity index (χ1) is 9.02. The summed E-state index contributed by atoms with van der Waals surface area (Å²) in [4.78, 5) is 2.30. The maximum absolute atomic E-state index is 6.32. The molecule has 1 aromatic heterocycles. The van der Waals surface area contributed by atoms with E-state index in [4.69, 9.17) is 16.3 Å². The molecular weight excluding hydrogens is 264 g/mol. The third-order valence-electron chi connectivity index (χ3n) is 3.79. The lowest BCUT2D eigenvalue weighted by Gasteiger charge is -2.35. The average molecular weight is 287 g/mol. The number of likely N-dealkylation sites (N-methyl/N-ethyl adjacent to an activating group) is 2. The van der Waals surface area contributed by atoms with Crippen LogP contribution in [0.4, 0.5) is 0 Å². The smallest absolute Gasteiger partial charge is 0.0858 e. The molecule has 1 fully saturated rings. The summed E-state index contributed by atoms with van der Waals surface area (Å²) in [5.74, 6) is 0. The Morgan fingerprint density at radius 3 is 2.79 bits per heavy atom. The monoisotopic (exact) mass is 286 g/mol. The summed E-state index contributed by atoms with van der Waals surface area (Å²) in [6.45, 7) is 4.67. The first-order valence-electron chi connectivity index (χ1n) is 6.68. The van der Waals surface area contributed by atoms with Crippen LogP contribution in [-0.4, -0.2) is 60.6 Å². The Bertz CT molecular complexity index is 435. The second kappa shape index (κ2) is 6.22. The van der Waals surface area contributed by atoms with Gasteiger partial charge in [-0.2, -0.15) is 5.10 Å². The largest absolute Gasteiger partial charge is 0.374 e. The van der Waals surface area contributed by atoms with Crippen molar-refractivity contribution in [2.45, 2.75) is 25.5 Å². The molecule has 19 heavy (non-hydrogen) atoms. The molecule has 0 aromatic carbocycles. The zero-order chi connectivity index (χ0) is 14.0. The van der Waals surface area contributed by atoms with Crippen LogP contribution in [0.3, 0.4) is 0 Å². The van der Waals surface area contributed by atoms with Crippen molar-refractivity contribution in [2.24, 2.45) is 7.05 Å². The molecule has 1 N–H and O–H groups in total. The van der Waals surface area contributed by atoms with Crippen molar-refractivity contribution in [1.29, 1.82) is 0 Å². The van der Waals surface area contributed by atoms with E-state index in [0.29, 0.717) is 0 Å². The summed E-state index contributed by atoms with van der Waals surface area (Å²) in [6.07, 6.45) is 1.01. The van der Waals surface area contributed by atoms with E-state index in [0.717, 1.165) is 42.5 Å². The first kappa shape index (κ1) is 14.8. The molecule has 2 atom stereocenters. The first-order valence-corrected chi connectivity index (χ1v) is 7.06. The zero-order valence-electron chi connectivity index (χ0n) is 12.1. The summed E-state index contributed by atoms with van der Waals surface area (Å²) in [5.41, 5.74) is 1.95. The number of hydrogen-bond donors (Lipinski definition) is 1. The number of aryl methyl sites for hydroxylation is 2. The molecule has 2 heterocycles. The molecular formula is C13H23ClN4O. The minimum Gasteiger partial charge on any atom is -0.374 e. The second-order valence-corrected chi connectivity index (χ2v) is 5.62. The van der Waals surface area contributed by atoms with E-state index >= 15 is 0 Å². The lowest BCUT2D eigenvalue weighted by atomic mass is 10.0. The van der Waals surface area contributed by atoms with Gasteiger partial charge < -0.3 is 15.0 Å². The lowest BCUT2D eigenvalue weighted by molar-refractivity contribution is -0.0374. The van der Waals surface area contributed by atoms with Crippen molar-refractivity contribution < 1.29 is 4.74 Å². The Morgan fingerprint density at radius 2 is 2.26 bits per heavy atom. The summed E-state index contributed by atoms with van der Waals surface area (Å²) >= 11 is 6.32. The predicted octanol–water partition coefficient (Wildman–Crippen LogP) is 0.843. The predicted molar refractivity (Wildman–Crippen MR) is 76.7 cm³/mol. The molecule has 1 aliphatic rings. The maximum Gasteiger partial charge on any atom is 0.0858 e. The van der Waals surface area contributed by atoms with Gasteiger partial charge in [-0.05, 0) is 21.0 Å². The van der Waals surface area contributed by atoms with Gasteiger partial charge in [0.1, 0.15) is 0 Å². The van der Waals surface area contributed by atoms with Crippen molar-refractivity contribution in [1.82, 2.24) is 20.0 Å². The Kier molecular flexibility index (Phi) is 4.84. The van der Waals surface area contributed by atoms with Crippen LogP contribution < -0.4 is 5.32 Å². The van der Waals surface area contributed by atoms with Gasteiger partial charge in [-0.1, -0.05) is 11.6 Å². The van der Waals surface area contributed by atoms with Crippen molar-refractivity contribution in [2.75, 3.05) is 33.8 Å². The quantitative estimate of drug-likeness (QED) is 0.891. The van der Waals surface area contributed by atoms with Gasteiger partial charge in [-0.25, -0.2) is 0 Å². The van der Waals surface area contributed by atoms with E-state index in [1.165, 1.54) is 0 Å². The molecule has 1 saturated heterocycles. The SMILES string of the molecule is CNC(Cc1c(Cl)c(C)nn1C)C1CN(C)CCO1. The van der Waals surface area contributed by atoms with Crippen LogP contribution >= 0.6 is 11.6 Å². The summed E-state index contributed by atoms with van der Waals surface area (Å²) in [7, 11) is 6.04. The maximum atomic E-state index is 6.32. The molecule has 1 aromatic rings. The summed E-state index contributed by atoms with van der Waals surface area (Å²) in [5, 5.41) is 8.49. The number of morpholine rings is 1. The van der Waals surface area contributed by atoms with E-state index in [2.05, 4.69) is 22.4 Å². The number of halogens is 1. The summed E-state index contributed by atoms with van der Waals surface area (Å²) < 4.78 is 7.75. The van der Waals surface area contributed by atoms with Gasteiger partial charge in [0.25, 0.3) is 0 Å². The molecule has 0 aliphatic carbocycles. The number of nitrogens with one attached hydrogen (secondary N) is 1. The molecule has 0 radical (unpaired) electrons. The lowest BCUT2D eigenvalue weighted by Crippen LogP contribution is -2.51. The van der Waals surface area contributed by atoms with E-state index < -0.39 is 0 Å². The van der Waals surface area contributed by atoms with Crippen LogP contribution in [0.1, 0.15) is 11.4 Å². The van der Waals surface area contributed by atoms with Gasteiger partial charge in [0.05, 0.1) is 29.1 Å². The normalized spacial score (nSPS) is 22.7. The molecule has 5 nitrogen and oxygen atoms in total. The highest BCUT2D eigenvalue weighted by molar-refractivity contribution is 6.31. The molecule has 1 aliphatic heterocycles. The highest BCUT2D eigenvalue weighted by atomic mass is 35.5. The van der Waals surface area contributed by atoms with E-state index in [9.17, 15) is 0 Å². The van der Waals surface area contributed by atoms with Crippen molar-refractivity contribution >= 4 is 11.6 Å². The number of ether oxygens (including phenoxy) is 1. The van der Waals surface area contributed by atoms with Gasteiger partial charge in [-0.3, -0.25) is 4.68 Å². The molecule has 0 amide bonds. The van der Waals surface area contributed by atoms with Crippen LogP contribution in [0.25, 0.3) is 0 Å². The Labute approximate surface area is 119 Å². The number of nitrogens with zero attached hydrogens (tertiary/aromatic N) is 3. The fourth-order valence-electron chi connectivity index (χ4n) is 2.58. The van der Waals surface area contributed by atoms with Crippen LogP contribution in [0.2, 0.25) is 5.02 Å². The van der Waals surface area contributed by atoms with Crippen LogP contribution in [-0.2, 0) is 18.2 Å². The van der Waals surface area contributed by atoms with Crippen molar-refractivity contribution in [3.8, 4) is 0 Å². The molecule has 6 heteroatoms. The fourth-order valence-corrected chi connectivity index (χ4v) is 2.82. The van der Waals surface area contributed by atoms with Gasteiger partial charge in [0.15, 0.2) is 0 Å². The van der Waals surface area contributed by atoms with Gasteiger partial charge in [0.2, 0.25) is 0 Å². The van der Waals surface area contributed by atoms with Gasteiger partial charge >= 0.3 is 0 Å². The van der Waals surface area contributed by atoms with Crippen LogP contribution in [0.15, 0.2) is 0 Å².